The molecule has 1 aromatic carbocycles. The molecular formula is C20H23N3O2. The summed E-state index contributed by atoms with van der Waals surface area (Å²) in [4.78, 5) is 17.0. The van der Waals surface area contributed by atoms with Crippen molar-refractivity contribution in [1.29, 1.82) is 0 Å². The van der Waals surface area contributed by atoms with Gasteiger partial charge in [0.1, 0.15) is 5.82 Å². The second-order valence-corrected chi connectivity index (χ2v) is 6.37. The second-order valence-electron chi connectivity index (χ2n) is 6.37. The molecule has 0 spiro atoms. The molecule has 0 aliphatic carbocycles. The van der Waals surface area contributed by atoms with Crippen molar-refractivity contribution in [3.63, 3.8) is 0 Å². The molecule has 0 radical (unpaired) electrons. The monoisotopic (exact) mass is 337 g/mol. The zero-order chi connectivity index (χ0) is 17.8. The van der Waals surface area contributed by atoms with Gasteiger partial charge in [0.2, 0.25) is 0 Å². The van der Waals surface area contributed by atoms with E-state index >= 15 is 0 Å². The Balaban J connectivity index is 1.77. The van der Waals surface area contributed by atoms with Crippen molar-refractivity contribution < 1.29 is 9.90 Å². The van der Waals surface area contributed by atoms with Crippen molar-refractivity contribution in [1.82, 2.24) is 14.7 Å². The Bertz CT molecular complexity index is 856. The van der Waals surface area contributed by atoms with E-state index in [1.165, 1.54) is 0 Å². The largest absolute Gasteiger partial charge is 0.393 e. The SMILES string of the molecule is Cc1nc(C(=O)NC[C@H](C[C@H](C)O)c2ccccc2)c2ccccn12. The number of benzene rings is 1. The number of aromatic nitrogens is 2. The summed E-state index contributed by atoms with van der Waals surface area (Å²) in [5.74, 6) is 0.646. The molecule has 5 heteroatoms. The fourth-order valence-corrected chi connectivity index (χ4v) is 3.13. The molecule has 2 aromatic heterocycles. The number of hydrogen-bond donors (Lipinski definition) is 2. The van der Waals surface area contributed by atoms with E-state index in [1.807, 2.05) is 66.1 Å². The van der Waals surface area contributed by atoms with Crippen molar-refractivity contribution >= 4 is 11.4 Å². The number of aliphatic hydroxyl groups is 1. The summed E-state index contributed by atoms with van der Waals surface area (Å²) in [6.07, 6.45) is 2.06. The number of amides is 1. The van der Waals surface area contributed by atoms with Crippen molar-refractivity contribution in [3.8, 4) is 0 Å². The number of rotatable bonds is 6. The van der Waals surface area contributed by atoms with E-state index < -0.39 is 6.10 Å². The van der Waals surface area contributed by atoms with Crippen LogP contribution < -0.4 is 5.32 Å². The topological polar surface area (TPSA) is 66.6 Å². The molecule has 25 heavy (non-hydrogen) atoms. The van der Waals surface area contributed by atoms with Gasteiger partial charge < -0.3 is 14.8 Å². The second kappa shape index (κ2) is 7.49. The Kier molecular flexibility index (Phi) is 5.14. The van der Waals surface area contributed by atoms with Crippen LogP contribution in [-0.4, -0.2) is 33.0 Å². The van der Waals surface area contributed by atoms with Crippen LogP contribution in [0.3, 0.4) is 0 Å². The fourth-order valence-electron chi connectivity index (χ4n) is 3.13. The molecule has 0 unspecified atom stereocenters. The number of pyridine rings is 1. The molecule has 0 bridgehead atoms. The van der Waals surface area contributed by atoms with Crippen molar-refractivity contribution in [3.05, 3.63) is 71.8 Å². The molecule has 2 heterocycles. The van der Waals surface area contributed by atoms with Crippen LogP contribution >= 0.6 is 0 Å². The number of carbonyl (C=O) groups excluding carboxylic acids is 1. The molecule has 3 aromatic rings. The van der Waals surface area contributed by atoms with E-state index in [9.17, 15) is 9.90 Å². The number of hydrogen-bond acceptors (Lipinski definition) is 3. The first-order valence-electron chi connectivity index (χ1n) is 8.51. The predicted molar refractivity (Wildman–Crippen MR) is 97.7 cm³/mol. The Morgan fingerprint density at radius 3 is 2.64 bits per heavy atom. The van der Waals surface area contributed by atoms with Gasteiger partial charge in [-0.1, -0.05) is 36.4 Å². The number of aryl methyl sites for hydroxylation is 1. The average Bonchev–Trinajstić information content (AvgIpc) is 2.96. The van der Waals surface area contributed by atoms with Gasteiger partial charge in [0.05, 0.1) is 11.6 Å². The van der Waals surface area contributed by atoms with Gasteiger partial charge >= 0.3 is 0 Å². The summed E-state index contributed by atoms with van der Waals surface area (Å²) < 4.78 is 1.90. The molecule has 0 saturated carbocycles. The van der Waals surface area contributed by atoms with Crippen LogP contribution in [0.4, 0.5) is 0 Å². The van der Waals surface area contributed by atoms with Gasteiger partial charge in [-0.25, -0.2) is 4.98 Å². The minimum Gasteiger partial charge on any atom is -0.393 e. The Hall–Kier alpha value is -2.66. The third-order valence-corrected chi connectivity index (χ3v) is 4.35. The molecule has 2 N–H and O–H groups in total. The maximum absolute atomic E-state index is 12.6. The maximum atomic E-state index is 12.6. The lowest BCUT2D eigenvalue weighted by Gasteiger charge is -2.19. The van der Waals surface area contributed by atoms with Crippen molar-refractivity contribution in [2.24, 2.45) is 0 Å². The molecule has 5 nitrogen and oxygen atoms in total. The Labute approximate surface area is 147 Å². The van der Waals surface area contributed by atoms with Crippen LogP contribution in [0.25, 0.3) is 5.52 Å². The van der Waals surface area contributed by atoms with Gasteiger partial charge in [0.15, 0.2) is 5.69 Å². The molecule has 0 fully saturated rings. The fraction of sp³-hybridized carbons (Fsp3) is 0.300. The lowest BCUT2D eigenvalue weighted by Crippen LogP contribution is -2.30. The van der Waals surface area contributed by atoms with Crippen LogP contribution in [0.15, 0.2) is 54.7 Å². The Morgan fingerprint density at radius 1 is 1.20 bits per heavy atom. The van der Waals surface area contributed by atoms with E-state index in [-0.39, 0.29) is 11.8 Å². The number of nitrogens with one attached hydrogen (secondary N) is 1. The van der Waals surface area contributed by atoms with Gasteiger partial charge in [0.25, 0.3) is 5.91 Å². The van der Waals surface area contributed by atoms with Gasteiger partial charge in [0, 0.05) is 18.7 Å². The van der Waals surface area contributed by atoms with E-state index in [4.69, 9.17) is 0 Å². The molecular weight excluding hydrogens is 314 g/mol. The third-order valence-electron chi connectivity index (χ3n) is 4.35. The minimum atomic E-state index is -0.433. The zero-order valence-corrected chi connectivity index (χ0v) is 14.5. The van der Waals surface area contributed by atoms with Crippen LogP contribution in [-0.2, 0) is 0 Å². The van der Waals surface area contributed by atoms with Crippen LogP contribution in [0.1, 0.15) is 41.1 Å². The van der Waals surface area contributed by atoms with E-state index in [1.54, 1.807) is 6.92 Å². The quantitative estimate of drug-likeness (QED) is 0.727. The number of imidazole rings is 1. The van der Waals surface area contributed by atoms with Crippen molar-refractivity contribution in [2.45, 2.75) is 32.3 Å². The first kappa shape index (κ1) is 17.2. The highest BCUT2D eigenvalue weighted by Crippen LogP contribution is 2.21. The average molecular weight is 337 g/mol. The molecule has 0 aliphatic heterocycles. The molecule has 0 aliphatic rings. The summed E-state index contributed by atoms with van der Waals surface area (Å²) >= 11 is 0. The summed E-state index contributed by atoms with van der Waals surface area (Å²) in [5.41, 5.74) is 2.33. The summed E-state index contributed by atoms with van der Waals surface area (Å²) in [5, 5.41) is 12.8. The lowest BCUT2D eigenvalue weighted by atomic mass is 9.93. The number of carbonyl (C=O) groups is 1. The summed E-state index contributed by atoms with van der Waals surface area (Å²) in [7, 11) is 0. The molecule has 130 valence electrons. The number of nitrogens with zero attached hydrogens (tertiary/aromatic N) is 2. The molecule has 0 saturated heterocycles. The summed E-state index contributed by atoms with van der Waals surface area (Å²) in [6, 6.07) is 15.6. The Morgan fingerprint density at radius 2 is 1.92 bits per heavy atom. The van der Waals surface area contributed by atoms with E-state index in [2.05, 4.69) is 10.3 Å². The van der Waals surface area contributed by atoms with Gasteiger partial charge in [-0.2, -0.15) is 0 Å². The molecule has 1 amide bonds. The van der Waals surface area contributed by atoms with Crippen LogP contribution in [0.5, 0.6) is 0 Å². The van der Waals surface area contributed by atoms with E-state index in [0.717, 1.165) is 16.9 Å². The van der Waals surface area contributed by atoms with Gasteiger partial charge in [-0.3, -0.25) is 4.79 Å². The lowest BCUT2D eigenvalue weighted by molar-refractivity contribution is 0.0942. The predicted octanol–water partition coefficient (Wildman–Crippen LogP) is 2.93. The van der Waals surface area contributed by atoms with Crippen LogP contribution in [0.2, 0.25) is 0 Å². The smallest absolute Gasteiger partial charge is 0.272 e. The van der Waals surface area contributed by atoms with E-state index in [0.29, 0.717) is 18.7 Å². The molecule has 3 rings (SSSR count). The third kappa shape index (κ3) is 3.88. The first-order valence-corrected chi connectivity index (χ1v) is 8.51. The van der Waals surface area contributed by atoms with Crippen molar-refractivity contribution in [2.75, 3.05) is 6.54 Å². The zero-order valence-electron chi connectivity index (χ0n) is 14.5. The highest BCUT2D eigenvalue weighted by Gasteiger charge is 2.19. The number of fused-ring (bicyclic) bond motifs is 1. The van der Waals surface area contributed by atoms with Gasteiger partial charge in [-0.05, 0) is 38.0 Å². The highest BCUT2D eigenvalue weighted by atomic mass is 16.3. The minimum absolute atomic E-state index is 0.0557. The molecule has 2 atom stereocenters. The maximum Gasteiger partial charge on any atom is 0.272 e. The summed E-state index contributed by atoms with van der Waals surface area (Å²) in [6.45, 7) is 4.10. The standard InChI is InChI=1S/C20H23N3O2/c1-14(24)12-17(16-8-4-3-5-9-16)13-21-20(25)19-18-10-6-7-11-23(18)15(2)22-19/h3-11,14,17,24H,12-13H2,1-2H3,(H,21,25)/t14-,17-/m0/s1. The number of aliphatic hydroxyl groups excluding tert-OH is 1. The normalized spacial score (nSPS) is 13.6. The first-order chi connectivity index (χ1) is 12.1. The van der Waals surface area contributed by atoms with Gasteiger partial charge in [-0.15, -0.1) is 0 Å². The highest BCUT2D eigenvalue weighted by molar-refractivity contribution is 5.99. The van der Waals surface area contributed by atoms with Crippen LogP contribution in [0, 0.1) is 6.92 Å².